The summed E-state index contributed by atoms with van der Waals surface area (Å²) < 4.78 is 6.61. The van der Waals surface area contributed by atoms with Crippen molar-refractivity contribution in [2.24, 2.45) is 0 Å². The summed E-state index contributed by atoms with van der Waals surface area (Å²) in [5, 5.41) is 6.01. The van der Waals surface area contributed by atoms with Crippen molar-refractivity contribution < 1.29 is 14.0 Å². The number of rotatable bonds is 5. The highest BCUT2D eigenvalue weighted by Gasteiger charge is 2.19. The summed E-state index contributed by atoms with van der Waals surface area (Å²) in [6.07, 6.45) is 0.106. The Bertz CT molecular complexity index is 1140. The van der Waals surface area contributed by atoms with Crippen LogP contribution >= 0.6 is 11.6 Å². The minimum Gasteiger partial charge on any atom is -0.408 e. The summed E-state index contributed by atoms with van der Waals surface area (Å²) in [6.45, 7) is 1.69. The van der Waals surface area contributed by atoms with E-state index in [9.17, 15) is 14.4 Å². The number of aromatic nitrogens is 1. The van der Waals surface area contributed by atoms with Gasteiger partial charge in [0.25, 0.3) is 0 Å². The Morgan fingerprint density at radius 2 is 2.03 bits per heavy atom. The van der Waals surface area contributed by atoms with Crippen molar-refractivity contribution in [2.45, 2.75) is 13.0 Å². The molecule has 0 atom stereocenters. The number of nitrogens with zero attached hydrogens (tertiary/aromatic N) is 2. The highest BCUT2D eigenvalue weighted by Crippen LogP contribution is 2.29. The number of carbonyl (C=O) groups excluding carboxylic acids is 2. The maximum absolute atomic E-state index is 12.3. The smallest absolute Gasteiger partial charge is 0.408 e. The molecule has 2 heterocycles. The number of nitrogens with one attached hydrogen (secondary N) is 2. The van der Waals surface area contributed by atoms with E-state index in [1.807, 2.05) is 11.0 Å². The topological polar surface area (TPSA) is 96.6 Å². The molecule has 1 aromatic heterocycles. The van der Waals surface area contributed by atoms with E-state index in [1.54, 1.807) is 36.4 Å². The largest absolute Gasteiger partial charge is 0.419 e. The zero-order valence-electron chi connectivity index (χ0n) is 15.5. The first-order chi connectivity index (χ1) is 14.0. The van der Waals surface area contributed by atoms with Crippen molar-refractivity contribution in [3.8, 4) is 0 Å². The Kier molecular flexibility index (Phi) is 5.26. The van der Waals surface area contributed by atoms with Crippen LogP contribution in [0.3, 0.4) is 0 Å². The second-order valence-electron chi connectivity index (χ2n) is 6.72. The predicted octanol–water partition coefficient (Wildman–Crippen LogP) is 2.21. The van der Waals surface area contributed by atoms with Crippen molar-refractivity contribution in [2.75, 3.05) is 29.9 Å². The molecule has 0 bridgehead atoms. The molecular weight excluding hydrogens is 396 g/mol. The average molecular weight is 415 g/mol. The SMILES string of the molecule is O=C1CN(c2ccc(NC(=O)CCn3c(=O)oc4ccccc43)cc2Cl)CCN1. The van der Waals surface area contributed by atoms with E-state index in [-0.39, 0.29) is 31.3 Å². The van der Waals surface area contributed by atoms with Crippen molar-refractivity contribution in [3.05, 3.63) is 58.0 Å². The van der Waals surface area contributed by atoms with Gasteiger partial charge in [0, 0.05) is 31.7 Å². The molecular formula is C20H19ClN4O4. The zero-order valence-corrected chi connectivity index (χ0v) is 16.2. The Hall–Kier alpha value is -3.26. The van der Waals surface area contributed by atoms with Crippen molar-refractivity contribution in [3.63, 3.8) is 0 Å². The highest BCUT2D eigenvalue weighted by molar-refractivity contribution is 6.33. The third-order valence-electron chi connectivity index (χ3n) is 4.75. The number of halogens is 1. The molecule has 150 valence electrons. The lowest BCUT2D eigenvalue weighted by atomic mass is 10.2. The Morgan fingerprint density at radius 1 is 1.21 bits per heavy atom. The molecule has 0 aliphatic carbocycles. The van der Waals surface area contributed by atoms with Gasteiger partial charge in [-0.05, 0) is 30.3 Å². The Balaban J connectivity index is 1.40. The quantitative estimate of drug-likeness (QED) is 0.667. The molecule has 2 amide bonds. The van der Waals surface area contributed by atoms with Gasteiger partial charge in [-0.1, -0.05) is 23.7 Å². The van der Waals surface area contributed by atoms with Gasteiger partial charge in [0.05, 0.1) is 22.8 Å². The number of hydrogen-bond acceptors (Lipinski definition) is 5. The van der Waals surface area contributed by atoms with Gasteiger partial charge in [0.15, 0.2) is 5.58 Å². The van der Waals surface area contributed by atoms with E-state index < -0.39 is 5.76 Å². The molecule has 1 saturated heterocycles. The molecule has 0 saturated carbocycles. The second-order valence-corrected chi connectivity index (χ2v) is 7.13. The Morgan fingerprint density at radius 3 is 2.83 bits per heavy atom. The van der Waals surface area contributed by atoms with E-state index in [1.165, 1.54) is 4.57 Å². The van der Waals surface area contributed by atoms with Gasteiger partial charge in [-0.2, -0.15) is 0 Å². The maximum Gasteiger partial charge on any atom is 0.419 e. The maximum atomic E-state index is 12.3. The van der Waals surface area contributed by atoms with Gasteiger partial charge in [-0.25, -0.2) is 4.79 Å². The van der Waals surface area contributed by atoms with Gasteiger partial charge in [0.2, 0.25) is 11.8 Å². The van der Waals surface area contributed by atoms with Crippen LogP contribution in [0.2, 0.25) is 5.02 Å². The fourth-order valence-electron chi connectivity index (χ4n) is 3.35. The average Bonchev–Trinajstić information content (AvgIpc) is 3.01. The van der Waals surface area contributed by atoms with Crippen LogP contribution in [0.25, 0.3) is 11.1 Å². The summed E-state index contributed by atoms with van der Waals surface area (Å²) in [5.74, 6) is -0.785. The van der Waals surface area contributed by atoms with Crippen LogP contribution in [0, 0.1) is 0 Å². The number of fused-ring (bicyclic) bond motifs is 1. The second kappa shape index (κ2) is 8.00. The fourth-order valence-corrected chi connectivity index (χ4v) is 3.65. The first-order valence-corrected chi connectivity index (χ1v) is 9.58. The van der Waals surface area contributed by atoms with E-state index in [0.29, 0.717) is 34.9 Å². The van der Waals surface area contributed by atoms with Gasteiger partial charge in [0.1, 0.15) is 0 Å². The third kappa shape index (κ3) is 4.12. The molecule has 1 aliphatic heterocycles. The molecule has 1 aliphatic rings. The lowest BCUT2D eigenvalue weighted by molar-refractivity contribution is -0.120. The van der Waals surface area contributed by atoms with E-state index in [4.69, 9.17) is 16.0 Å². The van der Waals surface area contributed by atoms with Crippen LogP contribution in [0.5, 0.6) is 0 Å². The number of oxazole rings is 1. The molecule has 2 N–H and O–H groups in total. The molecule has 1 fully saturated rings. The van der Waals surface area contributed by atoms with Crippen molar-refractivity contribution in [1.82, 2.24) is 9.88 Å². The first-order valence-electron chi connectivity index (χ1n) is 9.21. The Labute approximate surface area is 171 Å². The lowest BCUT2D eigenvalue weighted by Crippen LogP contribution is -2.47. The van der Waals surface area contributed by atoms with E-state index >= 15 is 0 Å². The molecule has 3 aromatic rings. The van der Waals surface area contributed by atoms with Crippen LogP contribution in [0.15, 0.2) is 51.7 Å². The highest BCUT2D eigenvalue weighted by atomic mass is 35.5. The van der Waals surface area contributed by atoms with Crippen molar-refractivity contribution in [1.29, 1.82) is 0 Å². The normalized spacial score (nSPS) is 14.1. The summed E-state index contributed by atoms with van der Waals surface area (Å²) in [5.41, 5.74) is 2.44. The number of aryl methyl sites for hydroxylation is 1. The molecule has 0 radical (unpaired) electrons. The molecule has 29 heavy (non-hydrogen) atoms. The zero-order chi connectivity index (χ0) is 20.4. The summed E-state index contributed by atoms with van der Waals surface area (Å²) in [4.78, 5) is 37.8. The minimum absolute atomic E-state index is 0.0493. The fraction of sp³-hybridized carbons (Fsp3) is 0.250. The number of para-hydroxylation sites is 2. The number of amides is 2. The summed E-state index contributed by atoms with van der Waals surface area (Å²) in [6, 6.07) is 12.3. The van der Waals surface area contributed by atoms with Gasteiger partial charge in [-0.15, -0.1) is 0 Å². The number of benzene rings is 2. The minimum atomic E-state index is -0.489. The molecule has 9 heteroatoms. The van der Waals surface area contributed by atoms with Crippen LogP contribution in [-0.4, -0.2) is 36.0 Å². The number of anilines is 2. The van der Waals surface area contributed by atoms with Gasteiger partial charge in [-0.3, -0.25) is 14.2 Å². The number of hydrogen-bond donors (Lipinski definition) is 2. The molecule has 0 spiro atoms. The third-order valence-corrected chi connectivity index (χ3v) is 5.05. The number of carbonyl (C=O) groups is 2. The van der Waals surface area contributed by atoms with Gasteiger partial charge < -0.3 is 20.0 Å². The summed E-state index contributed by atoms with van der Waals surface area (Å²) in [7, 11) is 0. The van der Waals surface area contributed by atoms with Crippen LogP contribution < -0.4 is 21.3 Å². The standard InChI is InChI=1S/C20H19ClN4O4/c21-14-11-13(5-6-15(14)24-10-8-22-19(27)12-24)23-18(26)7-9-25-16-3-1-2-4-17(16)29-20(25)28/h1-6,11H,7-10,12H2,(H,22,27)(H,23,26). The number of piperazine rings is 1. The lowest BCUT2D eigenvalue weighted by Gasteiger charge is -2.29. The van der Waals surface area contributed by atoms with E-state index in [0.717, 1.165) is 5.69 Å². The molecule has 4 rings (SSSR count). The predicted molar refractivity (Wildman–Crippen MR) is 110 cm³/mol. The van der Waals surface area contributed by atoms with Gasteiger partial charge >= 0.3 is 5.76 Å². The monoisotopic (exact) mass is 414 g/mol. The molecule has 8 nitrogen and oxygen atoms in total. The van der Waals surface area contributed by atoms with E-state index in [2.05, 4.69) is 10.6 Å². The van der Waals surface area contributed by atoms with Crippen LogP contribution in [-0.2, 0) is 16.1 Å². The molecule has 0 unspecified atom stereocenters. The first kappa shape index (κ1) is 19.1. The van der Waals surface area contributed by atoms with Crippen LogP contribution in [0.1, 0.15) is 6.42 Å². The van der Waals surface area contributed by atoms with Crippen molar-refractivity contribution >= 4 is 45.9 Å². The summed E-state index contributed by atoms with van der Waals surface area (Å²) >= 11 is 6.36. The molecule has 2 aromatic carbocycles. The van der Waals surface area contributed by atoms with Crippen LogP contribution in [0.4, 0.5) is 11.4 Å².